The summed E-state index contributed by atoms with van der Waals surface area (Å²) in [5, 5.41) is 12.7. The second-order valence-corrected chi connectivity index (χ2v) is 7.64. The van der Waals surface area contributed by atoms with Crippen LogP contribution >= 0.6 is 11.8 Å². The molecule has 0 spiro atoms. The van der Waals surface area contributed by atoms with Gasteiger partial charge in [0.1, 0.15) is 0 Å². The van der Waals surface area contributed by atoms with Crippen molar-refractivity contribution in [3.05, 3.63) is 83.2 Å². The van der Waals surface area contributed by atoms with Gasteiger partial charge in [-0.1, -0.05) is 35.9 Å². The fourth-order valence-electron chi connectivity index (χ4n) is 2.92. The third-order valence-electron chi connectivity index (χ3n) is 4.61. The molecule has 2 aromatic carbocycles. The van der Waals surface area contributed by atoms with Crippen molar-refractivity contribution in [3.63, 3.8) is 0 Å². The monoisotopic (exact) mass is 392 g/mol. The average Bonchev–Trinajstić information content (AvgIpc) is 2.72. The molecule has 0 aliphatic heterocycles. The van der Waals surface area contributed by atoms with Crippen LogP contribution in [0.5, 0.6) is 0 Å². The highest BCUT2D eigenvalue weighted by Crippen LogP contribution is 2.27. The first kappa shape index (κ1) is 20.1. The van der Waals surface area contributed by atoms with Crippen molar-refractivity contribution in [1.29, 1.82) is 0 Å². The second kappa shape index (κ2) is 9.04. The molecule has 3 aromatic rings. The molecule has 0 unspecified atom stereocenters. The molecular weight excluding hydrogens is 368 g/mol. The molecule has 1 heterocycles. The Kier molecular flexibility index (Phi) is 6.49. The number of aliphatic hydroxyl groups excluding tert-OH is 1. The summed E-state index contributed by atoms with van der Waals surface area (Å²) in [5.41, 5.74) is 5.50. The first-order valence-corrected chi connectivity index (χ1v) is 10.3. The van der Waals surface area contributed by atoms with E-state index in [1.165, 1.54) is 5.56 Å². The highest BCUT2D eigenvalue weighted by atomic mass is 32.2. The molecule has 0 aliphatic carbocycles. The molecular formula is C23H24N2O2S. The molecule has 0 aliphatic rings. The summed E-state index contributed by atoms with van der Waals surface area (Å²) in [5.74, 6) is -0.219. The molecule has 4 nitrogen and oxygen atoms in total. The summed E-state index contributed by atoms with van der Waals surface area (Å²) < 4.78 is 0. The fourth-order valence-corrected chi connectivity index (χ4v) is 3.41. The van der Waals surface area contributed by atoms with E-state index in [-0.39, 0.29) is 12.5 Å². The van der Waals surface area contributed by atoms with Gasteiger partial charge < -0.3 is 10.4 Å². The predicted molar refractivity (Wildman–Crippen MR) is 115 cm³/mol. The van der Waals surface area contributed by atoms with Crippen molar-refractivity contribution < 1.29 is 9.90 Å². The molecule has 0 fully saturated rings. The Hall–Kier alpha value is -2.63. The smallest absolute Gasteiger partial charge is 0.251 e. The Balaban J connectivity index is 1.88. The molecule has 5 heteroatoms. The zero-order valence-electron chi connectivity index (χ0n) is 16.3. The first-order valence-electron chi connectivity index (χ1n) is 9.10. The van der Waals surface area contributed by atoms with Gasteiger partial charge in [-0.15, -0.1) is 11.8 Å². The van der Waals surface area contributed by atoms with Crippen molar-refractivity contribution in [1.82, 2.24) is 10.3 Å². The number of carbonyl (C=O) groups is 1. The molecule has 0 radical (unpaired) electrons. The van der Waals surface area contributed by atoms with Gasteiger partial charge in [0.25, 0.3) is 5.91 Å². The van der Waals surface area contributed by atoms with E-state index in [1.54, 1.807) is 18.0 Å². The first-order chi connectivity index (χ1) is 13.5. The highest BCUT2D eigenvalue weighted by molar-refractivity contribution is 7.98. The maximum absolute atomic E-state index is 12.9. The minimum Gasteiger partial charge on any atom is -0.394 e. The molecule has 144 valence electrons. The number of amides is 1. The van der Waals surface area contributed by atoms with Crippen LogP contribution in [0.3, 0.4) is 0 Å². The summed E-state index contributed by atoms with van der Waals surface area (Å²) in [6.07, 6.45) is 3.68. The number of benzene rings is 2. The van der Waals surface area contributed by atoms with Gasteiger partial charge >= 0.3 is 0 Å². The summed E-state index contributed by atoms with van der Waals surface area (Å²) >= 11 is 1.60. The molecule has 1 amide bonds. The zero-order valence-corrected chi connectivity index (χ0v) is 17.1. The third kappa shape index (κ3) is 4.80. The Labute approximate surface area is 170 Å². The lowest BCUT2D eigenvalue weighted by Crippen LogP contribution is -2.31. The standard InChI is InChI=1S/C23H24N2O2S/c1-15-4-7-17(8-5-15)19-10-20(12-21(11-19)28-3)23(27)25-22(14-26)18-9-6-16(2)24-13-18/h4-13,22,26H,14H2,1-3H3,(H,25,27)/t22-/m1/s1. The molecule has 2 N–H and O–H groups in total. The molecule has 0 saturated heterocycles. The van der Waals surface area contributed by atoms with E-state index in [0.29, 0.717) is 5.56 Å². The highest BCUT2D eigenvalue weighted by Gasteiger charge is 2.17. The van der Waals surface area contributed by atoms with Crippen LogP contribution in [-0.2, 0) is 0 Å². The van der Waals surface area contributed by atoms with Gasteiger partial charge in [0.05, 0.1) is 12.6 Å². The number of aromatic nitrogens is 1. The van der Waals surface area contributed by atoms with Crippen LogP contribution in [-0.4, -0.2) is 28.9 Å². The largest absolute Gasteiger partial charge is 0.394 e. The number of nitrogens with one attached hydrogen (secondary N) is 1. The van der Waals surface area contributed by atoms with Crippen LogP contribution in [0.1, 0.15) is 33.2 Å². The second-order valence-electron chi connectivity index (χ2n) is 6.76. The number of nitrogens with zero attached hydrogens (tertiary/aromatic N) is 1. The van der Waals surface area contributed by atoms with Crippen molar-refractivity contribution in [2.45, 2.75) is 24.8 Å². The third-order valence-corrected chi connectivity index (χ3v) is 5.32. The van der Waals surface area contributed by atoms with E-state index in [9.17, 15) is 9.90 Å². The van der Waals surface area contributed by atoms with E-state index >= 15 is 0 Å². The average molecular weight is 393 g/mol. The number of carbonyl (C=O) groups excluding carboxylic acids is 1. The zero-order chi connectivity index (χ0) is 20.1. The fraction of sp³-hybridized carbons (Fsp3) is 0.217. The topological polar surface area (TPSA) is 62.2 Å². The molecule has 28 heavy (non-hydrogen) atoms. The van der Waals surface area contributed by atoms with Crippen molar-refractivity contribution in [3.8, 4) is 11.1 Å². The van der Waals surface area contributed by atoms with Gasteiger partial charge in [-0.2, -0.15) is 0 Å². The summed E-state index contributed by atoms with van der Waals surface area (Å²) in [6.45, 7) is 3.76. The van der Waals surface area contributed by atoms with E-state index in [1.807, 2.05) is 37.4 Å². The SMILES string of the molecule is CSc1cc(C(=O)N[C@H](CO)c2ccc(C)nc2)cc(-c2ccc(C)cc2)c1. The van der Waals surface area contributed by atoms with E-state index in [2.05, 4.69) is 47.6 Å². The maximum atomic E-state index is 12.9. The van der Waals surface area contributed by atoms with Crippen molar-refractivity contribution in [2.24, 2.45) is 0 Å². The Morgan fingerprint density at radius 1 is 1.07 bits per heavy atom. The number of thioether (sulfide) groups is 1. The number of hydrogen-bond acceptors (Lipinski definition) is 4. The lowest BCUT2D eigenvalue weighted by atomic mass is 10.0. The van der Waals surface area contributed by atoms with Crippen LogP contribution in [0.2, 0.25) is 0 Å². The number of aryl methyl sites for hydroxylation is 2. The van der Waals surface area contributed by atoms with Crippen LogP contribution < -0.4 is 5.32 Å². The summed E-state index contributed by atoms with van der Waals surface area (Å²) in [4.78, 5) is 18.2. The van der Waals surface area contributed by atoms with Gasteiger partial charge in [0.15, 0.2) is 0 Å². The number of pyridine rings is 1. The summed E-state index contributed by atoms with van der Waals surface area (Å²) in [7, 11) is 0. The van der Waals surface area contributed by atoms with Gasteiger partial charge in [-0.25, -0.2) is 0 Å². The Bertz CT molecular complexity index is 953. The molecule has 1 atom stereocenters. The summed E-state index contributed by atoms with van der Waals surface area (Å²) in [6, 6.07) is 17.3. The quantitative estimate of drug-likeness (QED) is 0.604. The maximum Gasteiger partial charge on any atom is 0.251 e. The van der Waals surface area contributed by atoms with Crippen molar-refractivity contribution >= 4 is 17.7 Å². The van der Waals surface area contributed by atoms with Crippen molar-refractivity contribution in [2.75, 3.05) is 12.9 Å². The van der Waals surface area contributed by atoms with E-state index in [4.69, 9.17) is 0 Å². The van der Waals surface area contributed by atoms with Gasteiger partial charge in [-0.05, 0) is 61.1 Å². The molecule has 3 rings (SSSR count). The normalized spacial score (nSPS) is 11.9. The molecule has 0 bridgehead atoms. The Morgan fingerprint density at radius 3 is 2.43 bits per heavy atom. The van der Waals surface area contributed by atoms with E-state index < -0.39 is 6.04 Å². The lowest BCUT2D eigenvalue weighted by Gasteiger charge is -2.17. The predicted octanol–water partition coefficient (Wildman–Crippen LogP) is 4.55. The van der Waals surface area contributed by atoms with Crippen LogP contribution in [0.25, 0.3) is 11.1 Å². The number of rotatable bonds is 6. The van der Waals surface area contributed by atoms with Gasteiger partial charge in [0, 0.05) is 22.3 Å². The Morgan fingerprint density at radius 2 is 1.82 bits per heavy atom. The van der Waals surface area contributed by atoms with Gasteiger partial charge in [-0.3, -0.25) is 9.78 Å². The van der Waals surface area contributed by atoms with Gasteiger partial charge in [0.2, 0.25) is 0 Å². The molecule has 1 aromatic heterocycles. The van der Waals surface area contributed by atoms with E-state index in [0.717, 1.165) is 27.3 Å². The number of aliphatic hydroxyl groups is 1. The van der Waals surface area contributed by atoms with Crippen LogP contribution in [0.4, 0.5) is 0 Å². The van der Waals surface area contributed by atoms with Crippen LogP contribution in [0.15, 0.2) is 65.7 Å². The minimum atomic E-state index is -0.499. The lowest BCUT2D eigenvalue weighted by molar-refractivity contribution is 0.0916. The number of hydrogen-bond donors (Lipinski definition) is 2. The minimum absolute atomic E-state index is 0.191. The van der Waals surface area contributed by atoms with Crippen LogP contribution in [0, 0.1) is 13.8 Å². The molecule has 0 saturated carbocycles.